The molecule has 0 spiro atoms. The third-order valence-electron chi connectivity index (χ3n) is 6.56. The molecule has 0 aliphatic heterocycles. The summed E-state index contributed by atoms with van der Waals surface area (Å²) in [4.78, 5) is 28.5. The second-order valence-corrected chi connectivity index (χ2v) is 9.56. The Labute approximate surface area is 255 Å². The Hall–Kier alpha value is -4.14. The number of carbonyl (C=O) groups is 2. The van der Waals surface area contributed by atoms with Crippen molar-refractivity contribution in [2.75, 3.05) is 79.2 Å². The quantitative estimate of drug-likeness (QED) is 0.161. The van der Waals surface area contributed by atoms with Crippen molar-refractivity contribution in [2.24, 2.45) is 0 Å². The fourth-order valence-electron chi connectivity index (χ4n) is 4.53. The van der Waals surface area contributed by atoms with Crippen LogP contribution in [0.2, 0.25) is 0 Å². The lowest BCUT2D eigenvalue weighted by atomic mass is 9.98. The molecule has 1 aliphatic rings. The second-order valence-electron chi connectivity index (χ2n) is 9.56. The number of nitrogens with zero attached hydrogens (tertiary/aromatic N) is 1. The molecular formula is C31H38N2O11. The second kappa shape index (κ2) is 17.9. The highest BCUT2D eigenvalue weighted by Gasteiger charge is 2.28. The molecule has 44 heavy (non-hydrogen) atoms. The number of alkyl carbamates (subject to hydrolysis) is 1. The maximum Gasteiger partial charge on any atom is 0.407 e. The Kier molecular flexibility index (Phi) is 13.3. The van der Waals surface area contributed by atoms with Crippen molar-refractivity contribution in [3.63, 3.8) is 0 Å². The number of fused-ring (bicyclic) bond motifs is 3. The number of aromatic hydroxyl groups is 2. The predicted molar refractivity (Wildman–Crippen MR) is 157 cm³/mol. The summed E-state index contributed by atoms with van der Waals surface area (Å²) in [6.45, 7) is 3.28. The third-order valence-corrected chi connectivity index (χ3v) is 6.56. The molecular weight excluding hydrogens is 576 g/mol. The molecule has 1 aromatic heterocycles. The fourth-order valence-corrected chi connectivity index (χ4v) is 4.53. The van der Waals surface area contributed by atoms with Crippen LogP contribution in [0.25, 0.3) is 11.1 Å². The maximum atomic E-state index is 12.2. The molecule has 0 fully saturated rings. The van der Waals surface area contributed by atoms with E-state index in [1.54, 1.807) is 0 Å². The van der Waals surface area contributed by atoms with Crippen molar-refractivity contribution in [3.05, 3.63) is 71.8 Å². The molecule has 1 amide bonds. The van der Waals surface area contributed by atoms with Crippen LogP contribution in [0.4, 0.5) is 4.79 Å². The molecule has 0 saturated heterocycles. The average Bonchev–Trinajstić information content (AvgIpc) is 3.53. The lowest BCUT2D eigenvalue weighted by Gasteiger charge is -2.14. The molecule has 0 saturated carbocycles. The first-order valence-electron chi connectivity index (χ1n) is 14.3. The molecule has 0 atom stereocenters. The van der Waals surface area contributed by atoms with Gasteiger partial charge in [-0.1, -0.05) is 48.5 Å². The zero-order valence-electron chi connectivity index (χ0n) is 24.4. The first-order chi connectivity index (χ1) is 21.5. The van der Waals surface area contributed by atoms with Gasteiger partial charge in [0.15, 0.2) is 0 Å². The molecule has 13 heteroatoms. The van der Waals surface area contributed by atoms with Gasteiger partial charge in [0.25, 0.3) is 0 Å². The summed E-state index contributed by atoms with van der Waals surface area (Å²) in [5, 5.41) is 21.5. The highest BCUT2D eigenvalue weighted by Crippen LogP contribution is 2.44. The van der Waals surface area contributed by atoms with Crippen LogP contribution in [0.15, 0.2) is 60.7 Å². The maximum absolute atomic E-state index is 12.2. The lowest BCUT2D eigenvalue weighted by molar-refractivity contribution is -0.151. The SMILES string of the molecule is O=C(COCCOCCOCCOCCOCCNC(=O)OCC1c2ccccc2-c2ccccc21)On1c(O)ccc1O. The topological polar surface area (TPSA) is 156 Å². The van der Waals surface area contributed by atoms with Gasteiger partial charge in [-0.25, -0.2) is 9.59 Å². The molecule has 2 aromatic carbocycles. The van der Waals surface area contributed by atoms with Crippen LogP contribution in [0.5, 0.6) is 11.8 Å². The van der Waals surface area contributed by atoms with E-state index in [1.807, 2.05) is 24.3 Å². The van der Waals surface area contributed by atoms with E-state index in [-0.39, 0.29) is 32.3 Å². The standard InChI is InChI=1S/C31H38N2O11/c34-28-9-10-29(35)33(28)44-30(36)22-42-20-19-41-18-17-40-16-15-39-14-13-38-12-11-32-31(37)43-21-27-25-7-3-1-5-23(25)24-6-2-4-8-26(24)27/h1-10,27,34-35H,11-22H2,(H,32,37). The van der Waals surface area contributed by atoms with Crippen molar-refractivity contribution < 1.29 is 53.1 Å². The number of ether oxygens (including phenoxy) is 6. The van der Waals surface area contributed by atoms with Crippen LogP contribution < -0.4 is 10.2 Å². The monoisotopic (exact) mass is 614 g/mol. The largest absolute Gasteiger partial charge is 0.492 e. The van der Waals surface area contributed by atoms with Gasteiger partial charge in [-0.3, -0.25) is 0 Å². The molecule has 1 aliphatic carbocycles. The van der Waals surface area contributed by atoms with Crippen LogP contribution in [0.1, 0.15) is 17.0 Å². The Morgan fingerprint density at radius 3 is 1.68 bits per heavy atom. The van der Waals surface area contributed by atoms with E-state index in [2.05, 4.69) is 29.6 Å². The molecule has 238 valence electrons. The number of aromatic nitrogens is 1. The Bertz CT molecular complexity index is 1260. The summed E-state index contributed by atoms with van der Waals surface area (Å²) in [7, 11) is 0. The van der Waals surface area contributed by atoms with E-state index in [0.717, 1.165) is 0 Å². The zero-order valence-corrected chi connectivity index (χ0v) is 24.4. The minimum atomic E-state index is -0.786. The first-order valence-corrected chi connectivity index (χ1v) is 14.3. The number of hydrogen-bond acceptors (Lipinski definition) is 11. The van der Waals surface area contributed by atoms with Crippen molar-refractivity contribution in [1.29, 1.82) is 0 Å². The first kappa shape index (κ1) is 32.8. The van der Waals surface area contributed by atoms with Gasteiger partial charge in [-0.05, 0) is 22.3 Å². The number of benzene rings is 2. The molecule has 13 nitrogen and oxygen atoms in total. The lowest BCUT2D eigenvalue weighted by Crippen LogP contribution is -2.29. The van der Waals surface area contributed by atoms with Gasteiger partial charge < -0.3 is 48.8 Å². The van der Waals surface area contributed by atoms with Crippen LogP contribution in [0.3, 0.4) is 0 Å². The highest BCUT2D eigenvalue weighted by atomic mass is 16.7. The molecule has 3 aromatic rings. The van der Waals surface area contributed by atoms with Crippen LogP contribution in [-0.4, -0.2) is 106 Å². The molecule has 4 rings (SSSR count). The number of nitrogens with one attached hydrogen (secondary N) is 1. The van der Waals surface area contributed by atoms with E-state index in [9.17, 15) is 19.8 Å². The number of amides is 1. The Balaban J connectivity index is 0.902. The smallest absolute Gasteiger partial charge is 0.407 e. The fraction of sp³-hybridized carbons (Fsp3) is 0.419. The van der Waals surface area contributed by atoms with Crippen LogP contribution in [0, 0.1) is 0 Å². The van der Waals surface area contributed by atoms with Gasteiger partial charge in [0.2, 0.25) is 11.8 Å². The molecule has 0 bridgehead atoms. The summed E-state index contributed by atoms with van der Waals surface area (Å²) in [5.74, 6) is -1.58. The van der Waals surface area contributed by atoms with Gasteiger partial charge in [-0.15, -0.1) is 4.73 Å². The molecule has 1 heterocycles. The van der Waals surface area contributed by atoms with Gasteiger partial charge in [0, 0.05) is 24.6 Å². The van der Waals surface area contributed by atoms with Crippen molar-refractivity contribution in [2.45, 2.75) is 5.92 Å². The van der Waals surface area contributed by atoms with Gasteiger partial charge in [-0.2, -0.15) is 0 Å². The summed E-state index contributed by atoms with van der Waals surface area (Å²) in [6, 6.07) is 18.8. The summed E-state index contributed by atoms with van der Waals surface area (Å²) >= 11 is 0. The zero-order chi connectivity index (χ0) is 31.0. The molecule has 0 unspecified atom stereocenters. The van der Waals surface area contributed by atoms with E-state index < -0.39 is 23.8 Å². The van der Waals surface area contributed by atoms with E-state index in [1.165, 1.54) is 34.4 Å². The van der Waals surface area contributed by atoms with E-state index in [4.69, 9.17) is 33.3 Å². The van der Waals surface area contributed by atoms with E-state index >= 15 is 0 Å². The highest BCUT2D eigenvalue weighted by molar-refractivity contribution is 5.79. The Morgan fingerprint density at radius 2 is 1.14 bits per heavy atom. The number of rotatable bonds is 20. The van der Waals surface area contributed by atoms with E-state index in [0.29, 0.717) is 57.5 Å². The number of hydrogen-bond donors (Lipinski definition) is 3. The average molecular weight is 615 g/mol. The summed E-state index contributed by atoms with van der Waals surface area (Å²) in [6.07, 6.45) is -0.475. The van der Waals surface area contributed by atoms with Gasteiger partial charge in [0.1, 0.15) is 13.2 Å². The predicted octanol–water partition coefficient (Wildman–Crippen LogP) is 2.48. The molecule has 3 N–H and O–H groups in total. The van der Waals surface area contributed by atoms with Crippen LogP contribution in [-0.2, 0) is 33.2 Å². The third kappa shape index (κ3) is 9.96. The van der Waals surface area contributed by atoms with Crippen molar-refractivity contribution >= 4 is 12.1 Å². The van der Waals surface area contributed by atoms with Crippen LogP contribution >= 0.6 is 0 Å². The number of carbonyl (C=O) groups excluding carboxylic acids is 2. The summed E-state index contributed by atoms with van der Waals surface area (Å²) in [5.41, 5.74) is 4.71. The summed E-state index contributed by atoms with van der Waals surface area (Å²) < 4.78 is 32.9. The normalized spacial score (nSPS) is 12.1. The molecule has 0 radical (unpaired) electrons. The Morgan fingerprint density at radius 1 is 0.659 bits per heavy atom. The van der Waals surface area contributed by atoms with Crippen molar-refractivity contribution in [1.82, 2.24) is 10.0 Å². The van der Waals surface area contributed by atoms with Crippen molar-refractivity contribution in [3.8, 4) is 22.9 Å². The minimum Gasteiger partial charge on any atom is -0.492 e. The van der Waals surface area contributed by atoms with Gasteiger partial charge >= 0.3 is 12.1 Å². The minimum absolute atomic E-state index is 0.0220. The van der Waals surface area contributed by atoms with Gasteiger partial charge in [0.05, 0.1) is 59.5 Å².